The Morgan fingerprint density at radius 2 is 1.95 bits per heavy atom. The van der Waals surface area contributed by atoms with Crippen molar-refractivity contribution in [3.8, 4) is 0 Å². The van der Waals surface area contributed by atoms with Gasteiger partial charge in [-0.15, -0.1) is 5.10 Å². The van der Waals surface area contributed by atoms with Gasteiger partial charge in [0.25, 0.3) is 0 Å². The van der Waals surface area contributed by atoms with E-state index in [-0.39, 0.29) is 6.61 Å². The summed E-state index contributed by atoms with van der Waals surface area (Å²) >= 11 is 0. The van der Waals surface area contributed by atoms with E-state index in [2.05, 4.69) is 21.4 Å². The maximum atomic E-state index is 8.85. The van der Waals surface area contributed by atoms with Gasteiger partial charge >= 0.3 is 0 Å². The Labute approximate surface area is 110 Å². The summed E-state index contributed by atoms with van der Waals surface area (Å²) in [6.45, 7) is 0.677. The van der Waals surface area contributed by atoms with Gasteiger partial charge in [-0.2, -0.15) is 0 Å². The Morgan fingerprint density at radius 1 is 1.05 bits per heavy atom. The maximum Gasteiger partial charge on any atom is 0.0850 e. The third kappa shape index (κ3) is 2.61. The average molecular weight is 254 g/mol. The summed E-state index contributed by atoms with van der Waals surface area (Å²) in [4.78, 5) is 4.59. The molecule has 0 atom stereocenters. The second-order valence-electron chi connectivity index (χ2n) is 4.38. The number of fused-ring (bicyclic) bond motifs is 1. The Balaban J connectivity index is 1.83. The number of hydrogen-bond acceptors (Lipinski definition) is 4. The number of pyridine rings is 1. The molecule has 0 bridgehead atoms. The van der Waals surface area contributed by atoms with Crippen LogP contribution in [0, 0.1) is 0 Å². The van der Waals surface area contributed by atoms with Crippen molar-refractivity contribution in [1.29, 1.82) is 0 Å². The van der Waals surface area contributed by atoms with E-state index in [9.17, 15) is 0 Å². The summed E-state index contributed by atoms with van der Waals surface area (Å²) in [5, 5.41) is 18.0. The highest BCUT2D eigenvalue weighted by Crippen LogP contribution is 2.12. The van der Waals surface area contributed by atoms with Crippen LogP contribution < -0.4 is 0 Å². The highest BCUT2D eigenvalue weighted by Gasteiger charge is 2.03. The summed E-state index contributed by atoms with van der Waals surface area (Å²) in [5.41, 5.74) is 2.72. The maximum absolute atomic E-state index is 8.85. The molecule has 0 aliphatic heterocycles. The van der Waals surface area contributed by atoms with Crippen LogP contribution in [0.25, 0.3) is 10.9 Å². The van der Waals surface area contributed by atoms with Gasteiger partial charge in [-0.25, -0.2) is 4.68 Å². The highest BCUT2D eigenvalue weighted by molar-refractivity contribution is 5.78. The topological polar surface area (TPSA) is 63.8 Å². The van der Waals surface area contributed by atoms with Crippen molar-refractivity contribution < 1.29 is 5.11 Å². The van der Waals surface area contributed by atoms with Crippen molar-refractivity contribution in [3.05, 3.63) is 54.0 Å². The predicted octanol–water partition coefficient (Wildman–Crippen LogP) is 1.41. The van der Waals surface area contributed by atoms with Gasteiger partial charge in [-0.3, -0.25) is 4.98 Å². The second kappa shape index (κ2) is 5.16. The molecule has 0 aliphatic rings. The number of benzene rings is 1. The van der Waals surface area contributed by atoms with Crippen LogP contribution in [0.15, 0.2) is 42.6 Å². The van der Waals surface area contributed by atoms with Crippen LogP contribution in [0.2, 0.25) is 0 Å². The average Bonchev–Trinajstić information content (AvgIpc) is 2.86. The molecule has 0 saturated heterocycles. The third-order valence-electron chi connectivity index (χ3n) is 2.93. The van der Waals surface area contributed by atoms with Crippen LogP contribution in [-0.4, -0.2) is 31.7 Å². The van der Waals surface area contributed by atoms with Gasteiger partial charge in [-0.05, 0) is 12.1 Å². The summed E-state index contributed by atoms with van der Waals surface area (Å²) in [6, 6.07) is 12.1. The number of para-hydroxylation sites is 1. The lowest BCUT2D eigenvalue weighted by Gasteiger charge is -2.02. The highest BCUT2D eigenvalue weighted by atomic mass is 16.3. The fourth-order valence-electron chi connectivity index (χ4n) is 2.01. The third-order valence-corrected chi connectivity index (χ3v) is 2.93. The van der Waals surface area contributed by atoms with E-state index in [1.807, 2.05) is 36.5 Å². The normalized spacial score (nSPS) is 11.0. The molecule has 0 spiro atoms. The van der Waals surface area contributed by atoms with Crippen molar-refractivity contribution in [3.63, 3.8) is 0 Å². The van der Waals surface area contributed by atoms with E-state index in [0.717, 1.165) is 22.3 Å². The van der Waals surface area contributed by atoms with Crippen LogP contribution in [0.4, 0.5) is 0 Å². The molecule has 2 heterocycles. The molecule has 0 fully saturated rings. The molecule has 5 nitrogen and oxygen atoms in total. The molecular weight excluding hydrogens is 240 g/mol. The van der Waals surface area contributed by atoms with Crippen molar-refractivity contribution >= 4 is 10.9 Å². The van der Waals surface area contributed by atoms with E-state index in [1.165, 1.54) is 0 Å². The minimum Gasteiger partial charge on any atom is -0.396 e. The lowest BCUT2D eigenvalue weighted by molar-refractivity contribution is 0.298. The first kappa shape index (κ1) is 11.8. The molecule has 3 aromatic rings. The predicted molar refractivity (Wildman–Crippen MR) is 71.7 cm³/mol. The summed E-state index contributed by atoms with van der Waals surface area (Å²) < 4.78 is 1.74. The number of rotatable bonds is 4. The van der Waals surface area contributed by atoms with Crippen molar-refractivity contribution in [2.45, 2.75) is 13.0 Å². The fourth-order valence-corrected chi connectivity index (χ4v) is 2.01. The van der Waals surface area contributed by atoms with Gasteiger partial charge in [0.15, 0.2) is 0 Å². The summed E-state index contributed by atoms with van der Waals surface area (Å²) in [6.07, 6.45) is 2.37. The van der Waals surface area contributed by atoms with Crippen LogP contribution in [-0.2, 0) is 13.0 Å². The van der Waals surface area contributed by atoms with Crippen molar-refractivity contribution in [2.24, 2.45) is 0 Å². The number of hydrogen-bond donors (Lipinski definition) is 1. The number of aliphatic hydroxyl groups is 1. The van der Waals surface area contributed by atoms with Crippen molar-refractivity contribution in [1.82, 2.24) is 20.0 Å². The zero-order valence-corrected chi connectivity index (χ0v) is 10.4. The number of nitrogens with zero attached hydrogens (tertiary/aromatic N) is 4. The van der Waals surface area contributed by atoms with Gasteiger partial charge in [-0.1, -0.05) is 29.5 Å². The quantitative estimate of drug-likeness (QED) is 0.764. The zero-order valence-electron chi connectivity index (χ0n) is 10.4. The number of aromatic nitrogens is 4. The van der Waals surface area contributed by atoms with E-state index in [0.29, 0.717) is 13.0 Å². The first-order valence-corrected chi connectivity index (χ1v) is 6.20. The molecule has 0 unspecified atom stereocenters. The van der Waals surface area contributed by atoms with E-state index in [1.54, 1.807) is 4.68 Å². The van der Waals surface area contributed by atoms with Gasteiger partial charge in [0.2, 0.25) is 0 Å². The Kier molecular flexibility index (Phi) is 3.20. The van der Waals surface area contributed by atoms with Crippen LogP contribution >= 0.6 is 0 Å². The largest absolute Gasteiger partial charge is 0.396 e. The minimum atomic E-state index is 0.0902. The molecule has 3 rings (SSSR count). The summed E-state index contributed by atoms with van der Waals surface area (Å²) in [5.74, 6) is 0. The zero-order chi connectivity index (χ0) is 13.1. The fraction of sp³-hybridized carbons (Fsp3) is 0.214. The molecule has 1 aromatic carbocycles. The van der Waals surface area contributed by atoms with Crippen LogP contribution in [0.3, 0.4) is 0 Å². The molecular formula is C14H14N4O. The molecule has 2 aromatic heterocycles. The van der Waals surface area contributed by atoms with Gasteiger partial charge in [0.1, 0.15) is 0 Å². The molecule has 0 aliphatic carbocycles. The molecule has 5 heteroatoms. The van der Waals surface area contributed by atoms with Gasteiger partial charge in [0, 0.05) is 24.6 Å². The number of aliphatic hydroxyl groups excluding tert-OH is 1. The van der Waals surface area contributed by atoms with Crippen LogP contribution in [0.5, 0.6) is 0 Å². The minimum absolute atomic E-state index is 0.0902. The molecule has 1 N–H and O–H groups in total. The smallest absolute Gasteiger partial charge is 0.0850 e. The molecule has 0 saturated carbocycles. The van der Waals surface area contributed by atoms with Gasteiger partial charge < -0.3 is 5.11 Å². The van der Waals surface area contributed by atoms with Crippen molar-refractivity contribution in [2.75, 3.05) is 6.61 Å². The molecule has 0 radical (unpaired) electrons. The first-order chi connectivity index (χ1) is 9.35. The van der Waals surface area contributed by atoms with E-state index < -0.39 is 0 Å². The summed E-state index contributed by atoms with van der Waals surface area (Å²) in [7, 11) is 0. The second-order valence-corrected chi connectivity index (χ2v) is 4.38. The molecule has 0 amide bonds. The Morgan fingerprint density at radius 3 is 2.84 bits per heavy atom. The van der Waals surface area contributed by atoms with Gasteiger partial charge in [0.05, 0.1) is 23.4 Å². The lowest BCUT2D eigenvalue weighted by Crippen LogP contribution is -2.02. The van der Waals surface area contributed by atoms with E-state index in [4.69, 9.17) is 5.11 Å². The van der Waals surface area contributed by atoms with Crippen LogP contribution in [0.1, 0.15) is 11.4 Å². The van der Waals surface area contributed by atoms with E-state index >= 15 is 0 Å². The molecule has 19 heavy (non-hydrogen) atoms. The Hall–Kier alpha value is -2.27. The lowest BCUT2D eigenvalue weighted by atomic mass is 10.2. The monoisotopic (exact) mass is 254 g/mol. The molecule has 96 valence electrons. The SMILES string of the molecule is OCCc1cn(Cc2ccc3ccccc3n2)nn1. The standard InChI is InChI=1S/C14H14N4O/c19-8-7-13-10-18(17-16-13)9-12-6-5-11-3-1-2-4-14(11)15-12/h1-6,10,19H,7-9H2. The first-order valence-electron chi connectivity index (χ1n) is 6.20. The Bertz CT molecular complexity index is 692.